The first-order valence-electron chi connectivity index (χ1n) is 11.6. The second-order valence-corrected chi connectivity index (χ2v) is 9.23. The predicted octanol–water partition coefficient (Wildman–Crippen LogP) is 4.66. The first-order valence-corrected chi connectivity index (χ1v) is 11.6. The summed E-state index contributed by atoms with van der Waals surface area (Å²) in [6.45, 7) is 5.19. The van der Waals surface area contributed by atoms with Gasteiger partial charge in [-0.1, -0.05) is 30.3 Å². The van der Waals surface area contributed by atoms with Crippen molar-refractivity contribution >= 4 is 21.7 Å². The second-order valence-electron chi connectivity index (χ2n) is 9.23. The largest absolute Gasteiger partial charge is 0.507 e. The van der Waals surface area contributed by atoms with Gasteiger partial charge in [-0.15, -0.1) is 0 Å². The van der Waals surface area contributed by atoms with Crippen LogP contribution in [0.1, 0.15) is 25.2 Å². The maximum Gasteiger partial charge on any atom is 0.453 e. The van der Waals surface area contributed by atoms with Gasteiger partial charge in [0.25, 0.3) is 5.76 Å². The topological polar surface area (TPSA) is 73.3 Å². The van der Waals surface area contributed by atoms with Crippen LogP contribution in [-0.2, 0) is 17.5 Å². The molecule has 1 aliphatic heterocycles. The molecule has 0 radical (unpaired) electrons. The average molecular weight is 500 g/mol. The Morgan fingerprint density at radius 1 is 1.03 bits per heavy atom. The number of aromatic hydroxyl groups is 1. The molecule has 2 N–H and O–H groups in total. The summed E-state index contributed by atoms with van der Waals surface area (Å²) >= 11 is 0. The highest BCUT2D eigenvalue weighted by atomic mass is 19.4. The van der Waals surface area contributed by atoms with Crippen LogP contribution in [0.5, 0.6) is 17.2 Å². The lowest BCUT2D eigenvalue weighted by Gasteiger charge is -2.32. The second kappa shape index (κ2) is 9.15. The summed E-state index contributed by atoms with van der Waals surface area (Å²) in [7, 11) is 0. The standard InChI is InChI=1S/C27H24F3NO5/c1-15-12-31(13-16(2)34-15)14-21-22(32)10-9-20-23(33)25(26(27(28,29)30)36-24(20)21)35-19-8-7-17-5-3-4-6-18(17)11-19/h3-11,15-16,32H,12-14H2,1-2H3/p+1/t15-,16+. The third kappa shape index (κ3) is 4.64. The first kappa shape index (κ1) is 24.1. The lowest BCUT2D eigenvalue weighted by Crippen LogP contribution is -3.14. The van der Waals surface area contributed by atoms with E-state index in [-0.39, 0.29) is 46.8 Å². The molecule has 5 rings (SSSR count). The number of alkyl halides is 3. The van der Waals surface area contributed by atoms with Gasteiger partial charge < -0.3 is 23.9 Å². The molecule has 6 nitrogen and oxygen atoms in total. The molecule has 2 heterocycles. The Morgan fingerprint density at radius 3 is 2.42 bits per heavy atom. The third-order valence-corrected chi connectivity index (χ3v) is 6.34. The van der Waals surface area contributed by atoms with E-state index in [1.54, 1.807) is 24.3 Å². The number of benzene rings is 3. The lowest BCUT2D eigenvalue weighted by molar-refractivity contribution is -0.928. The fourth-order valence-corrected chi connectivity index (χ4v) is 4.87. The van der Waals surface area contributed by atoms with Gasteiger partial charge in [0.1, 0.15) is 43.3 Å². The molecule has 3 aromatic carbocycles. The quantitative estimate of drug-likeness (QED) is 0.427. The van der Waals surface area contributed by atoms with Gasteiger partial charge in [0.15, 0.2) is 5.58 Å². The predicted molar refractivity (Wildman–Crippen MR) is 128 cm³/mol. The van der Waals surface area contributed by atoms with E-state index in [0.717, 1.165) is 15.7 Å². The summed E-state index contributed by atoms with van der Waals surface area (Å²) in [6.07, 6.45) is -5.11. The van der Waals surface area contributed by atoms with Crippen molar-refractivity contribution < 1.29 is 37.1 Å². The van der Waals surface area contributed by atoms with Gasteiger partial charge in [0.2, 0.25) is 11.2 Å². The monoisotopic (exact) mass is 500 g/mol. The minimum absolute atomic E-state index is 0.0550. The highest BCUT2D eigenvalue weighted by Crippen LogP contribution is 2.40. The number of ether oxygens (including phenoxy) is 2. The van der Waals surface area contributed by atoms with Crippen LogP contribution in [0, 0.1) is 0 Å². The molecule has 9 heteroatoms. The number of morpholine rings is 1. The first-order chi connectivity index (χ1) is 17.1. The average Bonchev–Trinajstić information content (AvgIpc) is 2.81. The number of fused-ring (bicyclic) bond motifs is 2. The number of nitrogens with one attached hydrogen (secondary N) is 1. The molecule has 0 aliphatic carbocycles. The molecule has 188 valence electrons. The molecule has 4 aromatic rings. The van der Waals surface area contributed by atoms with Gasteiger partial charge in [-0.05, 0) is 48.9 Å². The molecule has 3 atom stereocenters. The smallest absolute Gasteiger partial charge is 0.453 e. The van der Waals surface area contributed by atoms with E-state index in [1.165, 1.54) is 18.2 Å². The zero-order valence-corrected chi connectivity index (χ0v) is 19.7. The van der Waals surface area contributed by atoms with Crippen molar-refractivity contribution in [1.29, 1.82) is 0 Å². The van der Waals surface area contributed by atoms with Crippen LogP contribution in [0.3, 0.4) is 0 Å². The highest BCUT2D eigenvalue weighted by molar-refractivity contribution is 5.85. The van der Waals surface area contributed by atoms with Crippen molar-refractivity contribution in [2.75, 3.05) is 13.1 Å². The zero-order valence-electron chi connectivity index (χ0n) is 19.7. The van der Waals surface area contributed by atoms with Crippen LogP contribution >= 0.6 is 0 Å². The summed E-state index contributed by atoms with van der Waals surface area (Å²) in [4.78, 5) is 14.3. The SMILES string of the molecule is C[C@@H]1C[NH+](Cc2c(O)ccc3c(=O)c(Oc4ccc5ccccc5c4)c(C(F)(F)F)oc23)C[C@H](C)O1. The molecular formula is C27H25F3NO5+. The molecule has 1 aromatic heterocycles. The molecule has 0 saturated carbocycles. The lowest BCUT2D eigenvalue weighted by atomic mass is 10.1. The maximum absolute atomic E-state index is 14.1. The van der Waals surface area contributed by atoms with Gasteiger partial charge in [-0.25, -0.2) is 0 Å². The highest BCUT2D eigenvalue weighted by Gasteiger charge is 2.41. The van der Waals surface area contributed by atoms with Crippen molar-refractivity contribution in [3.05, 3.63) is 76.1 Å². The molecule has 1 fully saturated rings. The normalized spacial score (nSPS) is 20.6. The Labute approximate surface area is 204 Å². The fraction of sp³-hybridized carbons (Fsp3) is 0.296. The number of phenolic OH excluding ortho intramolecular Hbond substituents is 1. The van der Waals surface area contributed by atoms with E-state index < -0.39 is 23.1 Å². The van der Waals surface area contributed by atoms with Crippen LogP contribution in [-0.4, -0.2) is 30.4 Å². The molecule has 0 amide bonds. The van der Waals surface area contributed by atoms with Crippen LogP contribution in [0.15, 0.2) is 63.8 Å². The summed E-state index contributed by atoms with van der Waals surface area (Å²) in [5.41, 5.74) is -1.11. The molecule has 0 spiro atoms. The van der Waals surface area contributed by atoms with Crippen molar-refractivity contribution in [3.63, 3.8) is 0 Å². The Hall–Kier alpha value is -3.56. The number of phenols is 1. The third-order valence-electron chi connectivity index (χ3n) is 6.34. The van der Waals surface area contributed by atoms with Crippen molar-refractivity contribution in [3.8, 4) is 17.2 Å². The fourth-order valence-electron chi connectivity index (χ4n) is 4.87. The molecule has 1 unspecified atom stereocenters. The zero-order chi connectivity index (χ0) is 25.6. The number of halogens is 3. The van der Waals surface area contributed by atoms with Crippen LogP contribution in [0.25, 0.3) is 21.7 Å². The molecular weight excluding hydrogens is 475 g/mol. The number of hydrogen-bond acceptors (Lipinski definition) is 5. The summed E-state index contributed by atoms with van der Waals surface area (Å²) in [6, 6.07) is 14.6. The Balaban J connectivity index is 1.62. The van der Waals surface area contributed by atoms with Crippen molar-refractivity contribution in [2.45, 2.75) is 38.8 Å². The van der Waals surface area contributed by atoms with E-state index in [1.807, 2.05) is 26.0 Å². The summed E-state index contributed by atoms with van der Waals surface area (Å²) in [5.74, 6) is -2.64. The van der Waals surface area contributed by atoms with Crippen LogP contribution in [0.2, 0.25) is 0 Å². The van der Waals surface area contributed by atoms with Gasteiger partial charge in [0, 0.05) is 0 Å². The number of quaternary nitrogens is 1. The van der Waals surface area contributed by atoms with Crippen molar-refractivity contribution in [1.82, 2.24) is 0 Å². The Kier molecular flexibility index (Phi) is 6.13. The molecule has 1 aliphatic rings. The number of rotatable bonds is 4. The van der Waals surface area contributed by atoms with Crippen LogP contribution in [0.4, 0.5) is 13.2 Å². The van der Waals surface area contributed by atoms with Gasteiger partial charge in [-0.3, -0.25) is 4.79 Å². The molecule has 1 saturated heterocycles. The van der Waals surface area contributed by atoms with Crippen LogP contribution < -0.4 is 15.1 Å². The van der Waals surface area contributed by atoms with E-state index >= 15 is 0 Å². The van der Waals surface area contributed by atoms with Gasteiger partial charge >= 0.3 is 6.18 Å². The van der Waals surface area contributed by atoms with E-state index in [0.29, 0.717) is 13.1 Å². The van der Waals surface area contributed by atoms with Gasteiger partial charge in [0.05, 0.1) is 10.9 Å². The minimum Gasteiger partial charge on any atom is -0.507 e. The van der Waals surface area contributed by atoms with E-state index in [4.69, 9.17) is 13.9 Å². The Bertz CT molecular complexity index is 1490. The molecule has 0 bridgehead atoms. The summed E-state index contributed by atoms with van der Waals surface area (Å²) in [5, 5.41) is 12.1. The maximum atomic E-state index is 14.1. The molecule has 36 heavy (non-hydrogen) atoms. The minimum atomic E-state index is -5.00. The Morgan fingerprint density at radius 2 is 1.72 bits per heavy atom. The van der Waals surface area contributed by atoms with Gasteiger partial charge in [-0.2, -0.15) is 13.2 Å². The van der Waals surface area contributed by atoms with E-state index in [2.05, 4.69) is 0 Å². The number of hydrogen-bond donors (Lipinski definition) is 2. The summed E-state index contributed by atoms with van der Waals surface area (Å²) < 4.78 is 58.9. The van der Waals surface area contributed by atoms with E-state index in [9.17, 15) is 23.1 Å². The van der Waals surface area contributed by atoms with Crippen molar-refractivity contribution in [2.24, 2.45) is 0 Å².